The fourth-order valence-corrected chi connectivity index (χ4v) is 2.77. The number of hydrogen-bond donors (Lipinski definition) is 2. The van der Waals surface area contributed by atoms with Gasteiger partial charge in [0, 0.05) is 10.2 Å². The van der Waals surface area contributed by atoms with Gasteiger partial charge in [-0.05, 0) is 36.2 Å². The molecule has 2 amide bonds. The Balaban J connectivity index is 2.15. The van der Waals surface area contributed by atoms with Gasteiger partial charge >= 0.3 is 0 Å². The third kappa shape index (κ3) is 5.06. The third-order valence-corrected chi connectivity index (χ3v) is 4.17. The molecule has 0 bridgehead atoms. The number of rotatable bonds is 6. The van der Waals surface area contributed by atoms with Crippen molar-refractivity contribution in [1.82, 2.24) is 5.32 Å². The number of benzene rings is 2. The van der Waals surface area contributed by atoms with Crippen molar-refractivity contribution < 1.29 is 14.3 Å². The zero-order valence-corrected chi connectivity index (χ0v) is 16.0. The molecule has 2 rings (SSSR count). The molecule has 6 heteroatoms. The average molecular weight is 405 g/mol. The van der Waals surface area contributed by atoms with Crippen molar-refractivity contribution in [3.05, 3.63) is 58.6 Å². The Morgan fingerprint density at radius 2 is 1.80 bits per heavy atom. The molecule has 0 aliphatic heterocycles. The zero-order valence-electron chi connectivity index (χ0n) is 14.4. The van der Waals surface area contributed by atoms with Gasteiger partial charge in [-0.25, -0.2) is 0 Å². The van der Waals surface area contributed by atoms with Crippen molar-refractivity contribution in [2.24, 2.45) is 5.92 Å². The van der Waals surface area contributed by atoms with Crippen LogP contribution in [0.1, 0.15) is 24.2 Å². The highest BCUT2D eigenvalue weighted by Crippen LogP contribution is 2.19. The molecule has 0 aromatic heterocycles. The van der Waals surface area contributed by atoms with Crippen LogP contribution in [-0.2, 0) is 4.79 Å². The van der Waals surface area contributed by atoms with E-state index in [1.165, 1.54) is 7.11 Å². The number of amides is 2. The molecule has 0 radical (unpaired) electrons. The Bertz CT molecular complexity index is 762. The van der Waals surface area contributed by atoms with Crippen LogP contribution in [0.15, 0.2) is 53.0 Å². The molecule has 0 heterocycles. The summed E-state index contributed by atoms with van der Waals surface area (Å²) < 4.78 is 6.08. The van der Waals surface area contributed by atoms with Gasteiger partial charge in [0.05, 0.1) is 12.7 Å². The molecule has 2 aromatic carbocycles. The lowest BCUT2D eigenvalue weighted by molar-refractivity contribution is -0.118. The Hall–Kier alpha value is -2.34. The number of anilines is 1. The van der Waals surface area contributed by atoms with Crippen molar-refractivity contribution in [3.8, 4) is 5.75 Å². The van der Waals surface area contributed by atoms with Crippen LogP contribution in [0.5, 0.6) is 5.75 Å². The molecule has 5 nitrogen and oxygen atoms in total. The van der Waals surface area contributed by atoms with Crippen molar-refractivity contribution in [3.63, 3.8) is 0 Å². The molecule has 0 saturated heterocycles. The van der Waals surface area contributed by atoms with Gasteiger partial charge in [0.1, 0.15) is 11.8 Å². The number of para-hydroxylation sites is 1. The first kappa shape index (κ1) is 19.0. The highest BCUT2D eigenvalue weighted by Gasteiger charge is 2.25. The fourth-order valence-electron chi connectivity index (χ4n) is 2.37. The number of carbonyl (C=O) groups is 2. The minimum atomic E-state index is -0.670. The zero-order chi connectivity index (χ0) is 18.4. The van der Waals surface area contributed by atoms with E-state index in [9.17, 15) is 9.59 Å². The maximum atomic E-state index is 12.6. The largest absolute Gasteiger partial charge is 0.496 e. The summed E-state index contributed by atoms with van der Waals surface area (Å²) in [6.07, 6.45) is 0. The SMILES string of the molecule is COc1ccccc1C(=O)N[C@H](C(=O)Nc1cccc(Br)c1)C(C)C. The second kappa shape index (κ2) is 8.67. The van der Waals surface area contributed by atoms with Gasteiger partial charge in [-0.2, -0.15) is 0 Å². The van der Waals surface area contributed by atoms with E-state index in [2.05, 4.69) is 26.6 Å². The van der Waals surface area contributed by atoms with E-state index in [-0.39, 0.29) is 17.7 Å². The molecule has 25 heavy (non-hydrogen) atoms. The Morgan fingerprint density at radius 1 is 1.08 bits per heavy atom. The topological polar surface area (TPSA) is 67.4 Å². The van der Waals surface area contributed by atoms with E-state index in [0.717, 1.165) is 4.47 Å². The number of ether oxygens (including phenoxy) is 1. The van der Waals surface area contributed by atoms with Crippen LogP contribution in [0.4, 0.5) is 5.69 Å². The lowest BCUT2D eigenvalue weighted by Gasteiger charge is -2.22. The van der Waals surface area contributed by atoms with Gasteiger partial charge in [-0.3, -0.25) is 9.59 Å². The molecule has 0 aliphatic rings. The van der Waals surface area contributed by atoms with Gasteiger partial charge < -0.3 is 15.4 Å². The normalized spacial score (nSPS) is 11.7. The quantitative estimate of drug-likeness (QED) is 0.767. The standard InChI is InChI=1S/C19H21BrN2O3/c1-12(2)17(19(24)21-14-8-6-7-13(20)11-14)22-18(23)15-9-4-5-10-16(15)25-3/h4-12,17H,1-3H3,(H,21,24)(H,22,23)/t17-/m0/s1. The molecular formula is C19H21BrN2O3. The minimum absolute atomic E-state index is 0.0780. The van der Waals surface area contributed by atoms with Crippen molar-refractivity contribution in [1.29, 1.82) is 0 Å². The summed E-state index contributed by atoms with van der Waals surface area (Å²) in [5.74, 6) is -0.224. The lowest BCUT2D eigenvalue weighted by atomic mass is 10.0. The van der Waals surface area contributed by atoms with E-state index in [1.807, 2.05) is 26.0 Å². The van der Waals surface area contributed by atoms with Crippen LogP contribution >= 0.6 is 15.9 Å². The summed E-state index contributed by atoms with van der Waals surface area (Å²) >= 11 is 3.37. The number of methoxy groups -OCH3 is 1. The predicted octanol–water partition coefficient (Wildman–Crippen LogP) is 3.85. The van der Waals surface area contributed by atoms with Crippen molar-refractivity contribution in [2.45, 2.75) is 19.9 Å². The molecule has 2 aromatic rings. The van der Waals surface area contributed by atoms with Gasteiger partial charge in [0.15, 0.2) is 0 Å². The Kier molecular flexibility index (Phi) is 6.58. The van der Waals surface area contributed by atoms with Crippen LogP contribution < -0.4 is 15.4 Å². The Labute approximate surface area is 155 Å². The maximum Gasteiger partial charge on any atom is 0.255 e. The monoisotopic (exact) mass is 404 g/mol. The van der Waals surface area contributed by atoms with Crippen molar-refractivity contribution >= 4 is 33.4 Å². The van der Waals surface area contributed by atoms with Crippen molar-refractivity contribution in [2.75, 3.05) is 12.4 Å². The summed E-state index contributed by atoms with van der Waals surface area (Å²) in [6, 6.07) is 13.5. The fraction of sp³-hybridized carbons (Fsp3) is 0.263. The molecule has 0 saturated carbocycles. The first-order valence-corrected chi connectivity index (χ1v) is 8.72. The van der Waals surface area contributed by atoms with Crippen LogP contribution in [-0.4, -0.2) is 25.0 Å². The first-order chi connectivity index (χ1) is 11.9. The average Bonchev–Trinajstić information content (AvgIpc) is 2.59. The van der Waals surface area contributed by atoms with Gasteiger partial charge in [-0.15, -0.1) is 0 Å². The van der Waals surface area contributed by atoms with Gasteiger partial charge in [0.2, 0.25) is 5.91 Å². The summed E-state index contributed by atoms with van der Waals surface area (Å²) in [4.78, 5) is 25.2. The van der Waals surface area contributed by atoms with E-state index in [1.54, 1.807) is 36.4 Å². The molecular weight excluding hydrogens is 384 g/mol. The van der Waals surface area contributed by atoms with Crippen LogP contribution in [0, 0.1) is 5.92 Å². The number of carbonyl (C=O) groups excluding carboxylic acids is 2. The minimum Gasteiger partial charge on any atom is -0.496 e. The van der Waals surface area contributed by atoms with Crippen LogP contribution in [0.3, 0.4) is 0 Å². The number of hydrogen-bond acceptors (Lipinski definition) is 3. The molecule has 1 atom stereocenters. The number of halogens is 1. The summed E-state index contributed by atoms with van der Waals surface area (Å²) in [6.45, 7) is 3.77. The third-order valence-electron chi connectivity index (χ3n) is 3.68. The van der Waals surface area contributed by atoms with Gasteiger partial charge in [-0.1, -0.05) is 48.0 Å². The highest BCUT2D eigenvalue weighted by atomic mass is 79.9. The molecule has 0 aliphatic carbocycles. The second-order valence-electron chi connectivity index (χ2n) is 5.90. The number of nitrogens with one attached hydrogen (secondary N) is 2. The molecule has 0 fully saturated rings. The van der Waals surface area contributed by atoms with E-state index in [4.69, 9.17) is 4.74 Å². The van der Waals surface area contributed by atoms with E-state index >= 15 is 0 Å². The Morgan fingerprint density at radius 3 is 2.44 bits per heavy atom. The van der Waals surface area contributed by atoms with E-state index < -0.39 is 6.04 Å². The molecule has 2 N–H and O–H groups in total. The van der Waals surface area contributed by atoms with Crippen LogP contribution in [0.2, 0.25) is 0 Å². The maximum absolute atomic E-state index is 12.6. The predicted molar refractivity (Wildman–Crippen MR) is 102 cm³/mol. The second-order valence-corrected chi connectivity index (χ2v) is 6.81. The summed E-state index contributed by atoms with van der Waals surface area (Å²) in [5, 5.41) is 5.63. The van der Waals surface area contributed by atoms with Gasteiger partial charge in [0.25, 0.3) is 5.91 Å². The lowest BCUT2D eigenvalue weighted by Crippen LogP contribution is -2.47. The smallest absolute Gasteiger partial charge is 0.255 e. The first-order valence-electron chi connectivity index (χ1n) is 7.92. The summed E-state index contributed by atoms with van der Waals surface area (Å²) in [5.41, 5.74) is 1.06. The van der Waals surface area contributed by atoms with E-state index in [0.29, 0.717) is 17.0 Å². The van der Waals surface area contributed by atoms with Crippen LogP contribution in [0.25, 0.3) is 0 Å². The highest BCUT2D eigenvalue weighted by molar-refractivity contribution is 9.10. The molecule has 0 unspecified atom stereocenters. The molecule has 0 spiro atoms. The summed E-state index contributed by atoms with van der Waals surface area (Å²) in [7, 11) is 1.51. The molecule has 132 valence electrons.